The number of aliphatic hydroxyl groups excluding tert-OH is 1. The molecule has 0 saturated heterocycles. The Hall–Kier alpha value is -9.38. The lowest BCUT2D eigenvalue weighted by molar-refractivity contribution is 0.0679. The number of carboxylic acid groups (broad SMARTS) is 2. The van der Waals surface area contributed by atoms with Crippen molar-refractivity contribution in [1.29, 1.82) is 0 Å². The van der Waals surface area contributed by atoms with Crippen LogP contribution >= 0.6 is 22.7 Å². The zero-order valence-corrected chi connectivity index (χ0v) is 52.6. The van der Waals surface area contributed by atoms with Crippen molar-refractivity contribution in [3.63, 3.8) is 0 Å². The van der Waals surface area contributed by atoms with Crippen LogP contribution in [-0.2, 0) is 25.9 Å². The van der Waals surface area contributed by atoms with Gasteiger partial charge in [0, 0.05) is 111 Å². The summed E-state index contributed by atoms with van der Waals surface area (Å²) < 4.78 is 12.2. The SMILES string of the molecule is C=CCCNC(=O)c1ccc(-c2cc3c(cc2C(=O)Nc2c(C)cc(CN)cc2C)-c2sccc2CCO3)c(C(=O)O)n1.CC.Cc1cc(CN)cc(C)c1NC(=O)c1cc2c(cc1-c1ccc(C(=O)NC3CC(CO)C3)nc1C(=O)O)OCCc1ccsc1-2. The van der Waals surface area contributed by atoms with Gasteiger partial charge in [-0.1, -0.05) is 44.2 Å². The molecule has 0 radical (unpaired) electrons. The standard InChI is InChI=1S/C34H34N4O6S.C33H32N4O5S.C2H6/c1-17-9-19(15-35)10-18(2)29(17)38-32(40)25-13-26-28(44-7-5-21-6-8-45-31(21)26)14-24(25)23-3-4-27(37-30(23)34(42)43)33(41)36-22-11-20(12-22)16-39;1-4-5-10-35-32(39)26-7-6-22(29(36-26)33(40)41)23-16-27-25(30-21(8-11-42-27)9-12-43-30)15-24(23)31(38)37-28-18(2)13-20(17-34)14-19(28)3;1-2/h3-4,6,8-10,13-14,20,22,39H,5,7,11-12,15-16,35H2,1-2H3,(H,36,41)(H,38,40)(H,42,43);4,6-7,9,12-16H,1,5,8,10-11,17,34H2,2-3H3,(H,35,39)(H,37,38)(H,40,41);1-2H3. The van der Waals surface area contributed by atoms with E-state index < -0.39 is 35.6 Å². The van der Waals surface area contributed by atoms with Crippen molar-refractivity contribution in [3.05, 3.63) is 187 Å². The Morgan fingerprint density at radius 2 is 1.03 bits per heavy atom. The molecule has 4 aromatic carbocycles. The number of amides is 4. The van der Waals surface area contributed by atoms with E-state index in [9.17, 15) is 44.1 Å². The van der Waals surface area contributed by atoms with Crippen LogP contribution in [0, 0.1) is 33.6 Å². The van der Waals surface area contributed by atoms with Gasteiger partial charge >= 0.3 is 11.9 Å². The predicted molar refractivity (Wildman–Crippen MR) is 351 cm³/mol. The highest BCUT2D eigenvalue weighted by atomic mass is 32.1. The number of aryl methyl sites for hydroxylation is 4. The largest absolute Gasteiger partial charge is 0.493 e. The Labute approximate surface area is 529 Å². The molecule has 21 heteroatoms. The minimum Gasteiger partial charge on any atom is -0.493 e. The van der Waals surface area contributed by atoms with E-state index in [4.69, 9.17) is 20.9 Å². The summed E-state index contributed by atoms with van der Waals surface area (Å²) in [7, 11) is 0. The molecule has 8 aromatic rings. The van der Waals surface area contributed by atoms with Gasteiger partial charge in [0.25, 0.3) is 23.6 Å². The Morgan fingerprint density at radius 3 is 1.43 bits per heavy atom. The molecule has 3 aliphatic rings. The number of carbonyl (C=O) groups excluding carboxylic acids is 4. The minimum absolute atomic E-state index is 0.0447. The van der Waals surface area contributed by atoms with E-state index in [1.807, 2.05) is 88.7 Å². The molecule has 1 aliphatic carbocycles. The van der Waals surface area contributed by atoms with Gasteiger partial charge < -0.3 is 57.5 Å². The molecule has 1 fully saturated rings. The molecule has 1 saturated carbocycles. The first kappa shape index (κ1) is 65.1. The van der Waals surface area contributed by atoms with E-state index in [0.717, 1.165) is 65.4 Å². The second-order valence-corrected chi connectivity index (χ2v) is 23.7. The Balaban J connectivity index is 0.000000208. The summed E-state index contributed by atoms with van der Waals surface area (Å²) in [5.41, 5.74) is 22.7. The van der Waals surface area contributed by atoms with E-state index in [1.54, 1.807) is 53.0 Å². The second kappa shape index (κ2) is 28.8. The Kier molecular flexibility index (Phi) is 20.9. The van der Waals surface area contributed by atoms with E-state index >= 15 is 0 Å². The van der Waals surface area contributed by atoms with Gasteiger partial charge in [0.15, 0.2) is 11.4 Å². The number of thiophene rings is 2. The van der Waals surface area contributed by atoms with E-state index in [0.29, 0.717) is 99.0 Å². The van der Waals surface area contributed by atoms with Gasteiger partial charge in [0.2, 0.25) is 0 Å². The summed E-state index contributed by atoms with van der Waals surface area (Å²) in [6.45, 7) is 17.2. The highest BCUT2D eigenvalue weighted by molar-refractivity contribution is 7.14. The number of carbonyl (C=O) groups is 6. The monoisotopic (exact) mass is 1250 g/mol. The number of nitrogens with two attached hydrogens (primary N) is 2. The van der Waals surface area contributed by atoms with Gasteiger partial charge in [-0.3, -0.25) is 19.2 Å². The molecule has 4 amide bonds. The first-order chi connectivity index (χ1) is 43.4. The van der Waals surface area contributed by atoms with Crippen molar-refractivity contribution in [1.82, 2.24) is 20.6 Å². The quantitative estimate of drug-likeness (QED) is 0.0302. The van der Waals surface area contributed by atoms with Gasteiger partial charge in [-0.15, -0.1) is 29.3 Å². The fourth-order valence-corrected chi connectivity index (χ4v) is 13.3. The molecule has 0 spiro atoms. The zero-order valence-electron chi connectivity index (χ0n) is 50.9. The second-order valence-electron chi connectivity index (χ2n) is 21.9. The van der Waals surface area contributed by atoms with Crippen LogP contribution in [0.2, 0.25) is 0 Å². The molecular formula is C69H72N8O11S2. The van der Waals surface area contributed by atoms with Crippen molar-refractivity contribution < 1.29 is 53.6 Å². The molecule has 0 atom stereocenters. The number of aliphatic hydroxyl groups is 1. The lowest BCUT2D eigenvalue weighted by Gasteiger charge is -2.34. The number of ether oxygens (including phenoxy) is 2. The van der Waals surface area contributed by atoms with Crippen LogP contribution < -0.4 is 42.2 Å². The van der Waals surface area contributed by atoms with Gasteiger partial charge in [-0.25, -0.2) is 19.6 Å². The molecule has 2 aliphatic heterocycles. The Morgan fingerprint density at radius 1 is 0.600 bits per heavy atom. The summed E-state index contributed by atoms with van der Waals surface area (Å²) in [5, 5.41) is 45.4. The van der Waals surface area contributed by atoms with Crippen molar-refractivity contribution in [3.8, 4) is 54.6 Å². The lowest BCUT2D eigenvalue weighted by atomic mass is 9.81. The number of aromatic carboxylic acids is 2. The molecule has 0 unspecified atom stereocenters. The van der Waals surface area contributed by atoms with Crippen molar-refractivity contribution >= 4 is 69.6 Å². The molecule has 11 N–H and O–H groups in total. The van der Waals surface area contributed by atoms with Gasteiger partial charge in [0.05, 0.1) is 13.2 Å². The van der Waals surface area contributed by atoms with Crippen molar-refractivity contribution in [2.24, 2.45) is 17.4 Å². The van der Waals surface area contributed by atoms with Crippen LogP contribution in [-0.4, -0.2) is 93.3 Å². The maximum Gasteiger partial charge on any atom is 0.355 e. The number of pyridine rings is 2. The topological polar surface area (TPSA) is 308 Å². The highest BCUT2D eigenvalue weighted by Crippen LogP contribution is 2.46. The number of anilines is 2. The van der Waals surface area contributed by atoms with Crippen LogP contribution in [0.25, 0.3) is 43.1 Å². The molecule has 0 bridgehead atoms. The van der Waals surface area contributed by atoms with Crippen molar-refractivity contribution in [2.45, 2.75) is 92.8 Å². The molecule has 11 rings (SSSR count). The van der Waals surface area contributed by atoms with E-state index in [-0.39, 0.29) is 63.6 Å². The smallest absolute Gasteiger partial charge is 0.355 e. The minimum atomic E-state index is -1.34. The maximum atomic E-state index is 14.1. The third kappa shape index (κ3) is 14.0. The molecule has 4 aromatic heterocycles. The fourth-order valence-electron chi connectivity index (χ4n) is 11.3. The number of hydrogen-bond donors (Lipinski definition) is 9. The summed E-state index contributed by atoms with van der Waals surface area (Å²) in [4.78, 5) is 89.3. The number of nitrogens with zero attached hydrogens (tertiary/aromatic N) is 2. The molecular weight excluding hydrogens is 1180 g/mol. The lowest BCUT2D eigenvalue weighted by Crippen LogP contribution is -2.45. The normalized spacial score (nSPS) is 14.1. The first-order valence-electron chi connectivity index (χ1n) is 29.7. The average Bonchev–Trinajstić information content (AvgIpc) is 1.33. The summed E-state index contributed by atoms with van der Waals surface area (Å²) >= 11 is 3.11. The summed E-state index contributed by atoms with van der Waals surface area (Å²) in [5.74, 6) is -3.30. The number of carboxylic acids is 2. The Bertz CT molecular complexity index is 4060. The van der Waals surface area contributed by atoms with Crippen LogP contribution in [0.1, 0.15) is 140 Å². The van der Waals surface area contributed by atoms with Gasteiger partial charge in [0.1, 0.15) is 22.9 Å². The highest BCUT2D eigenvalue weighted by Gasteiger charge is 2.32. The number of rotatable bonds is 17. The van der Waals surface area contributed by atoms with E-state index in [2.05, 4.69) is 37.8 Å². The number of fused-ring (bicyclic) bond motifs is 6. The van der Waals surface area contributed by atoms with Gasteiger partial charge in [-0.2, -0.15) is 0 Å². The van der Waals surface area contributed by atoms with Crippen LogP contribution in [0.4, 0.5) is 11.4 Å². The maximum absolute atomic E-state index is 14.1. The molecule has 6 heterocycles. The van der Waals surface area contributed by atoms with E-state index in [1.165, 1.54) is 24.3 Å². The van der Waals surface area contributed by atoms with Crippen LogP contribution in [0.3, 0.4) is 0 Å². The number of nitrogens with one attached hydrogen (secondary N) is 4. The zero-order chi connectivity index (χ0) is 64.5. The van der Waals surface area contributed by atoms with Crippen molar-refractivity contribution in [2.75, 3.05) is 37.0 Å². The summed E-state index contributed by atoms with van der Waals surface area (Å²) in [6.07, 6.45) is 4.93. The molecule has 90 heavy (non-hydrogen) atoms. The van der Waals surface area contributed by atoms with Crippen LogP contribution in [0.5, 0.6) is 11.5 Å². The third-order valence-corrected chi connectivity index (χ3v) is 17.8. The molecule has 19 nitrogen and oxygen atoms in total. The first-order valence-corrected chi connectivity index (χ1v) is 31.4. The van der Waals surface area contributed by atoms with Gasteiger partial charge in [-0.05, 0) is 169 Å². The average molecular weight is 1250 g/mol. The number of aromatic nitrogens is 2. The predicted octanol–water partition coefficient (Wildman–Crippen LogP) is 11.7. The summed E-state index contributed by atoms with van der Waals surface area (Å²) in [6, 6.07) is 24.5. The third-order valence-electron chi connectivity index (χ3n) is 15.8. The number of benzene rings is 4. The van der Waals surface area contributed by atoms with Crippen LogP contribution in [0.15, 0.2) is 108 Å². The fraction of sp³-hybridized carbons (Fsp3) is 0.275. The number of hydrogen-bond acceptors (Lipinski definition) is 15. The molecule has 466 valence electrons.